The quantitative estimate of drug-likeness (QED) is 0.577. The molecule has 1 atom stereocenters. The third-order valence-electron chi connectivity index (χ3n) is 3.43. The number of hydrogen-bond donors (Lipinski definition) is 3. The molecule has 0 aliphatic heterocycles. The number of nitrogens with one attached hydrogen (secondary N) is 3. The molecule has 0 radical (unpaired) electrons. The van der Waals surface area contributed by atoms with Gasteiger partial charge in [-0.2, -0.15) is 0 Å². The zero-order valence-corrected chi connectivity index (χ0v) is 18.1. The molecule has 1 aromatic rings. The monoisotopic (exact) mass is 419 g/mol. The Labute approximate surface area is 165 Å². The van der Waals surface area contributed by atoms with E-state index in [2.05, 4.69) is 10.6 Å². The van der Waals surface area contributed by atoms with E-state index in [1.165, 1.54) is 32.3 Å². The van der Waals surface area contributed by atoms with Gasteiger partial charge in [0.05, 0.1) is 22.7 Å². The van der Waals surface area contributed by atoms with Crippen molar-refractivity contribution in [2.75, 3.05) is 39.5 Å². The predicted octanol–water partition coefficient (Wildman–Crippen LogP) is -0.0418. The highest BCUT2D eigenvalue weighted by atomic mass is 35.5. The molecule has 1 aromatic carbocycles. The molecule has 1 unspecified atom stereocenters. The molecule has 0 heterocycles. The molecule has 3 N–H and O–H groups in total. The Morgan fingerprint density at radius 2 is 1.70 bits per heavy atom. The second-order valence-corrected chi connectivity index (χ2v) is 10.1. The van der Waals surface area contributed by atoms with Crippen molar-refractivity contribution < 1.29 is 22.9 Å². The Hall–Kier alpha value is -1.68. The van der Waals surface area contributed by atoms with Crippen LogP contribution in [0.15, 0.2) is 23.1 Å². The molecule has 0 saturated carbocycles. The predicted molar refractivity (Wildman–Crippen MR) is 105 cm³/mol. The summed E-state index contributed by atoms with van der Waals surface area (Å²) in [7, 11) is 0.915. The average molecular weight is 420 g/mol. The lowest BCUT2D eigenvalue weighted by molar-refractivity contribution is -0.862. The van der Waals surface area contributed by atoms with Crippen molar-refractivity contribution in [3.05, 3.63) is 23.2 Å². The first-order chi connectivity index (χ1) is 12.2. The van der Waals surface area contributed by atoms with Crippen molar-refractivity contribution in [1.82, 2.24) is 9.62 Å². The van der Waals surface area contributed by atoms with E-state index in [-0.39, 0.29) is 46.0 Å². The summed E-state index contributed by atoms with van der Waals surface area (Å²) in [6, 6.07) is 4.11. The van der Waals surface area contributed by atoms with Gasteiger partial charge in [0.2, 0.25) is 10.0 Å². The van der Waals surface area contributed by atoms with Gasteiger partial charge in [-0.05, 0) is 39.0 Å². The zero-order valence-electron chi connectivity index (χ0n) is 16.5. The van der Waals surface area contributed by atoms with Crippen LogP contribution in [0, 0.1) is 0 Å². The van der Waals surface area contributed by atoms with Gasteiger partial charge in [-0.1, -0.05) is 11.6 Å². The Morgan fingerprint density at radius 3 is 2.22 bits per heavy atom. The second-order valence-electron chi connectivity index (χ2n) is 7.59. The summed E-state index contributed by atoms with van der Waals surface area (Å²) in [6.07, 6.45) is 0. The minimum absolute atomic E-state index is 0.0254. The summed E-state index contributed by atoms with van der Waals surface area (Å²) in [5.74, 6) is -0.540. The van der Waals surface area contributed by atoms with E-state index in [0.29, 0.717) is 4.90 Å². The second kappa shape index (κ2) is 9.01. The largest absolute Gasteiger partial charge is 0.347 e. The lowest BCUT2D eigenvalue weighted by atomic mass is 10.1. The van der Waals surface area contributed by atoms with Crippen LogP contribution in [-0.2, 0) is 19.6 Å². The lowest BCUT2D eigenvalue weighted by Crippen LogP contribution is -3.11. The fourth-order valence-corrected chi connectivity index (χ4v) is 3.33. The summed E-state index contributed by atoms with van der Waals surface area (Å²) in [4.78, 5) is 24.9. The topological polar surface area (TPSA) is 100 Å². The molecule has 10 heteroatoms. The zero-order chi connectivity index (χ0) is 21.0. The normalized spacial score (nSPS) is 13.3. The highest BCUT2D eigenvalue weighted by molar-refractivity contribution is 7.89. The van der Waals surface area contributed by atoms with Crippen molar-refractivity contribution in [2.24, 2.45) is 0 Å². The Balaban J connectivity index is 2.78. The Kier molecular flexibility index (Phi) is 7.79. The number of benzene rings is 1. The molecular weight excluding hydrogens is 392 g/mol. The molecule has 27 heavy (non-hydrogen) atoms. The van der Waals surface area contributed by atoms with Crippen LogP contribution >= 0.6 is 11.6 Å². The maximum Gasteiger partial charge on any atom is 0.279 e. The smallest absolute Gasteiger partial charge is 0.279 e. The first-order valence-corrected chi connectivity index (χ1v) is 10.2. The number of rotatable bonds is 7. The first-order valence-electron chi connectivity index (χ1n) is 8.36. The van der Waals surface area contributed by atoms with Crippen LogP contribution in [0.4, 0.5) is 5.69 Å². The van der Waals surface area contributed by atoms with Crippen LogP contribution in [0.5, 0.6) is 0 Å². The Bertz CT molecular complexity index is 804. The summed E-state index contributed by atoms with van der Waals surface area (Å²) in [6.45, 7) is 5.79. The van der Waals surface area contributed by atoms with Gasteiger partial charge < -0.3 is 15.5 Å². The van der Waals surface area contributed by atoms with Gasteiger partial charge in [0.15, 0.2) is 13.1 Å². The van der Waals surface area contributed by atoms with E-state index in [4.69, 9.17) is 11.6 Å². The molecule has 2 amide bonds. The van der Waals surface area contributed by atoms with Gasteiger partial charge in [-0.25, -0.2) is 12.7 Å². The number of halogens is 1. The highest BCUT2D eigenvalue weighted by Gasteiger charge is 2.21. The van der Waals surface area contributed by atoms with E-state index in [1.54, 1.807) is 7.05 Å². The molecular formula is C17H28ClN4O4S+. The van der Waals surface area contributed by atoms with Crippen LogP contribution in [0.3, 0.4) is 0 Å². The molecule has 152 valence electrons. The standard InChI is InChI=1S/C17H27ClN4O4S/c1-17(2,3)20-16(24)11-22(6)10-15(23)19-14-9-12(7-8-13(14)18)27(25,26)21(4)5/h7-9H,10-11H2,1-6H3,(H,19,23)(H,20,24)/p+1. The molecule has 0 bridgehead atoms. The molecule has 0 aliphatic carbocycles. The minimum atomic E-state index is -3.64. The number of hydrogen-bond acceptors (Lipinski definition) is 4. The molecule has 0 aromatic heterocycles. The molecule has 0 spiro atoms. The molecule has 0 saturated heterocycles. The van der Waals surface area contributed by atoms with Gasteiger partial charge in [-0.15, -0.1) is 0 Å². The van der Waals surface area contributed by atoms with Crippen LogP contribution in [0.25, 0.3) is 0 Å². The third kappa shape index (κ3) is 7.45. The number of nitrogens with zero attached hydrogens (tertiary/aromatic N) is 1. The van der Waals surface area contributed by atoms with E-state index >= 15 is 0 Å². The van der Waals surface area contributed by atoms with Crippen molar-refractivity contribution in [3.8, 4) is 0 Å². The van der Waals surface area contributed by atoms with E-state index in [9.17, 15) is 18.0 Å². The fourth-order valence-electron chi connectivity index (χ4n) is 2.24. The van der Waals surface area contributed by atoms with Crippen molar-refractivity contribution in [2.45, 2.75) is 31.2 Å². The lowest BCUT2D eigenvalue weighted by Gasteiger charge is -2.21. The summed E-state index contributed by atoms with van der Waals surface area (Å²) < 4.78 is 25.5. The summed E-state index contributed by atoms with van der Waals surface area (Å²) in [5, 5.41) is 5.67. The van der Waals surface area contributed by atoms with Crippen LogP contribution < -0.4 is 15.5 Å². The van der Waals surface area contributed by atoms with E-state index < -0.39 is 10.0 Å². The third-order valence-corrected chi connectivity index (χ3v) is 5.57. The SMILES string of the molecule is CN(C)S(=O)(=O)c1ccc(Cl)c(NC(=O)C[NH+](C)CC(=O)NC(C)(C)C)c1. The molecule has 0 fully saturated rings. The molecule has 1 rings (SSSR count). The number of anilines is 1. The van der Waals surface area contributed by atoms with Crippen molar-refractivity contribution in [1.29, 1.82) is 0 Å². The molecule has 8 nitrogen and oxygen atoms in total. The highest BCUT2D eigenvalue weighted by Crippen LogP contribution is 2.26. The van der Waals surface area contributed by atoms with Gasteiger partial charge in [0.1, 0.15) is 0 Å². The van der Waals surface area contributed by atoms with Gasteiger partial charge in [0.25, 0.3) is 11.8 Å². The number of quaternary nitrogens is 1. The minimum Gasteiger partial charge on any atom is -0.347 e. The maximum atomic E-state index is 12.3. The van der Waals surface area contributed by atoms with E-state index in [0.717, 1.165) is 4.31 Å². The number of likely N-dealkylation sites (N-methyl/N-ethyl adjacent to an activating group) is 1. The number of carbonyl (C=O) groups is 2. The van der Waals surface area contributed by atoms with Crippen LogP contribution in [0.1, 0.15) is 20.8 Å². The fraction of sp³-hybridized carbons (Fsp3) is 0.529. The van der Waals surface area contributed by atoms with Gasteiger partial charge in [0, 0.05) is 19.6 Å². The van der Waals surface area contributed by atoms with Crippen LogP contribution in [0.2, 0.25) is 5.02 Å². The molecule has 0 aliphatic rings. The number of carbonyl (C=O) groups excluding carboxylic acids is 2. The summed E-state index contributed by atoms with van der Waals surface area (Å²) >= 11 is 6.07. The summed E-state index contributed by atoms with van der Waals surface area (Å²) in [5.41, 5.74) is -0.137. The van der Waals surface area contributed by atoms with Crippen LogP contribution in [-0.4, -0.2) is 64.3 Å². The number of sulfonamides is 1. The average Bonchev–Trinajstić information content (AvgIpc) is 2.46. The van der Waals surface area contributed by atoms with Crippen molar-refractivity contribution >= 4 is 39.1 Å². The van der Waals surface area contributed by atoms with Gasteiger partial charge >= 0.3 is 0 Å². The Morgan fingerprint density at radius 1 is 1.15 bits per heavy atom. The first kappa shape index (κ1) is 23.4. The number of amides is 2. The van der Waals surface area contributed by atoms with Gasteiger partial charge in [-0.3, -0.25) is 9.59 Å². The maximum absolute atomic E-state index is 12.3. The van der Waals surface area contributed by atoms with E-state index in [1.807, 2.05) is 20.8 Å². The van der Waals surface area contributed by atoms with Crippen molar-refractivity contribution in [3.63, 3.8) is 0 Å².